The van der Waals surface area contributed by atoms with Crippen LogP contribution in [0.5, 0.6) is 0 Å². The van der Waals surface area contributed by atoms with Gasteiger partial charge in [0.2, 0.25) is 0 Å². The zero-order valence-corrected chi connectivity index (χ0v) is 9.44. The smallest absolute Gasteiger partial charge is 0.0949 e. The predicted molar refractivity (Wildman–Crippen MR) is 58.0 cm³/mol. The Morgan fingerprint density at radius 3 is 2.64 bits per heavy atom. The molecule has 0 aromatic carbocycles. The van der Waals surface area contributed by atoms with Crippen molar-refractivity contribution in [1.82, 2.24) is 14.5 Å². The molecular weight excluding hydrogens is 176 g/mol. The predicted octanol–water partition coefficient (Wildman–Crippen LogP) is 0.853. The molecule has 1 heterocycles. The average molecular weight is 196 g/mol. The number of hydrogen-bond acceptors (Lipinski definition) is 3. The average Bonchev–Trinajstić information content (AvgIpc) is 2.52. The molecule has 1 unspecified atom stereocenters. The fraction of sp³-hybridized carbons (Fsp3) is 0.700. The maximum absolute atomic E-state index is 5.84. The van der Waals surface area contributed by atoms with Crippen molar-refractivity contribution in [3.05, 3.63) is 18.2 Å². The molecule has 0 saturated heterocycles. The summed E-state index contributed by atoms with van der Waals surface area (Å²) in [4.78, 5) is 6.31. The second-order valence-electron chi connectivity index (χ2n) is 4.07. The highest BCUT2D eigenvalue weighted by atomic mass is 15.1. The van der Waals surface area contributed by atoms with Crippen LogP contribution in [0.3, 0.4) is 0 Å². The minimum absolute atomic E-state index is 0.0480. The summed E-state index contributed by atoms with van der Waals surface area (Å²) in [6.45, 7) is 5.10. The molecule has 1 aromatic heterocycles. The van der Waals surface area contributed by atoms with E-state index in [9.17, 15) is 0 Å². The first kappa shape index (κ1) is 11.2. The third-order valence-corrected chi connectivity index (χ3v) is 2.55. The number of likely N-dealkylation sites (N-methyl/N-ethyl adjacent to an activating group) is 1. The maximum Gasteiger partial charge on any atom is 0.0949 e. The Labute approximate surface area is 85.7 Å². The topological polar surface area (TPSA) is 47.1 Å². The van der Waals surface area contributed by atoms with E-state index in [-0.39, 0.29) is 6.04 Å². The molecule has 14 heavy (non-hydrogen) atoms. The van der Waals surface area contributed by atoms with E-state index in [0.29, 0.717) is 6.04 Å². The second kappa shape index (κ2) is 4.57. The first-order valence-corrected chi connectivity index (χ1v) is 4.94. The molecule has 0 aliphatic rings. The van der Waals surface area contributed by atoms with Crippen molar-refractivity contribution in [2.24, 2.45) is 5.73 Å². The highest BCUT2D eigenvalue weighted by molar-refractivity contribution is 5.03. The highest BCUT2D eigenvalue weighted by Gasteiger charge is 2.10. The van der Waals surface area contributed by atoms with E-state index >= 15 is 0 Å². The number of nitrogens with two attached hydrogens (primary N) is 1. The van der Waals surface area contributed by atoms with E-state index in [1.807, 2.05) is 19.4 Å². The van der Waals surface area contributed by atoms with E-state index in [1.54, 1.807) is 0 Å². The van der Waals surface area contributed by atoms with Gasteiger partial charge in [0.05, 0.1) is 12.0 Å². The zero-order valence-electron chi connectivity index (χ0n) is 9.44. The molecule has 0 saturated carbocycles. The molecule has 4 nitrogen and oxygen atoms in total. The van der Waals surface area contributed by atoms with Crippen LogP contribution < -0.4 is 5.73 Å². The van der Waals surface area contributed by atoms with Gasteiger partial charge >= 0.3 is 0 Å². The van der Waals surface area contributed by atoms with Gasteiger partial charge in [0.25, 0.3) is 0 Å². The van der Waals surface area contributed by atoms with Crippen molar-refractivity contribution >= 4 is 0 Å². The molecule has 2 N–H and O–H groups in total. The molecule has 4 heteroatoms. The first-order valence-electron chi connectivity index (χ1n) is 4.94. The molecule has 0 spiro atoms. The number of imidazole rings is 1. The van der Waals surface area contributed by atoms with Crippen LogP contribution in [0.1, 0.15) is 25.6 Å². The van der Waals surface area contributed by atoms with Gasteiger partial charge < -0.3 is 15.2 Å². The zero-order chi connectivity index (χ0) is 10.7. The fourth-order valence-electron chi connectivity index (χ4n) is 1.31. The van der Waals surface area contributed by atoms with E-state index in [0.717, 1.165) is 12.2 Å². The standard InChI is InChI=1S/C10H20N4/c1-8(13(3)4)6-14-7-12-5-10(14)9(2)11/h5,7-9H,6,11H2,1-4H3/t8?,9-/m0/s1. The SMILES string of the molecule is CC(Cn1cncc1[C@H](C)N)N(C)C. The van der Waals surface area contributed by atoms with Crippen LogP contribution >= 0.6 is 0 Å². The van der Waals surface area contributed by atoms with Crippen LogP contribution in [0.15, 0.2) is 12.5 Å². The van der Waals surface area contributed by atoms with Gasteiger partial charge in [0, 0.05) is 24.8 Å². The molecule has 0 fully saturated rings. The van der Waals surface area contributed by atoms with Crippen LogP contribution in [0.2, 0.25) is 0 Å². The minimum Gasteiger partial charge on any atom is -0.332 e. The molecule has 0 amide bonds. The van der Waals surface area contributed by atoms with Crippen molar-refractivity contribution in [3.8, 4) is 0 Å². The summed E-state index contributed by atoms with van der Waals surface area (Å²) in [5, 5.41) is 0. The second-order valence-corrected chi connectivity index (χ2v) is 4.07. The molecule has 0 radical (unpaired) electrons. The lowest BCUT2D eigenvalue weighted by Crippen LogP contribution is -2.30. The number of aromatic nitrogens is 2. The van der Waals surface area contributed by atoms with Crippen LogP contribution in [-0.2, 0) is 6.54 Å². The Kier molecular flexibility index (Phi) is 3.66. The Morgan fingerprint density at radius 2 is 2.14 bits per heavy atom. The van der Waals surface area contributed by atoms with Crippen molar-refractivity contribution < 1.29 is 0 Å². The number of hydrogen-bond donors (Lipinski definition) is 1. The van der Waals surface area contributed by atoms with Gasteiger partial charge in [-0.25, -0.2) is 4.98 Å². The Morgan fingerprint density at radius 1 is 1.50 bits per heavy atom. The van der Waals surface area contributed by atoms with Crippen molar-refractivity contribution in [1.29, 1.82) is 0 Å². The first-order chi connectivity index (χ1) is 6.52. The minimum atomic E-state index is 0.0480. The summed E-state index contributed by atoms with van der Waals surface area (Å²) >= 11 is 0. The maximum atomic E-state index is 5.84. The van der Waals surface area contributed by atoms with Crippen molar-refractivity contribution in [2.45, 2.75) is 32.5 Å². The highest BCUT2D eigenvalue weighted by Crippen LogP contribution is 2.10. The molecule has 1 rings (SSSR count). The molecule has 1 aromatic rings. The van der Waals surface area contributed by atoms with E-state index in [1.165, 1.54) is 0 Å². The van der Waals surface area contributed by atoms with Crippen LogP contribution in [0.25, 0.3) is 0 Å². The number of nitrogens with zero attached hydrogens (tertiary/aromatic N) is 3. The summed E-state index contributed by atoms with van der Waals surface area (Å²) in [5.41, 5.74) is 6.93. The summed E-state index contributed by atoms with van der Waals surface area (Å²) in [6, 6.07) is 0.536. The normalized spacial score (nSPS) is 15.9. The summed E-state index contributed by atoms with van der Waals surface area (Å²) in [7, 11) is 4.15. The van der Waals surface area contributed by atoms with Crippen molar-refractivity contribution in [3.63, 3.8) is 0 Å². The molecule has 0 aliphatic heterocycles. The van der Waals surface area contributed by atoms with Crippen molar-refractivity contribution in [2.75, 3.05) is 14.1 Å². The summed E-state index contributed by atoms with van der Waals surface area (Å²) in [5.74, 6) is 0. The Hall–Kier alpha value is -0.870. The van der Waals surface area contributed by atoms with Crippen LogP contribution in [0, 0.1) is 0 Å². The Bertz CT molecular complexity index is 277. The van der Waals surface area contributed by atoms with Crippen LogP contribution in [0.4, 0.5) is 0 Å². The van der Waals surface area contributed by atoms with E-state index in [2.05, 4.69) is 35.5 Å². The molecule has 0 aliphatic carbocycles. The largest absolute Gasteiger partial charge is 0.332 e. The molecule has 0 bridgehead atoms. The van der Waals surface area contributed by atoms with Gasteiger partial charge in [-0.1, -0.05) is 0 Å². The summed E-state index contributed by atoms with van der Waals surface area (Å²) in [6.07, 6.45) is 3.69. The van der Waals surface area contributed by atoms with Gasteiger partial charge in [-0.05, 0) is 27.9 Å². The lowest BCUT2D eigenvalue weighted by atomic mass is 10.2. The Balaban J connectivity index is 2.71. The molecular formula is C10H20N4. The van der Waals surface area contributed by atoms with Gasteiger partial charge in [-0.3, -0.25) is 0 Å². The third kappa shape index (κ3) is 2.56. The molecule has 80 valence electrons. The van der Waals surface area contributed by atoms with Crippen LogP contribution in [-0.4, -0.2) is 34.6 Å². The number of rotatable bonds is 4. The molecule has 2 atom stereocenters. The van der Waals surface area contributed by atoms with Gasteiger partial charge in [0.1, 0.15) is 0 Å². The van der Waals surface area contributed by atoms with E-state index in [4.69, 9.17) is 5.73 Å². The summed E-state index contributed by atoms with van der Waals surface area (Å²) < 4.78 is 2.12. The quantitative estimate of drug-likeness (QED) is 0.776. The lowest BCUT2D eigenvalue weighted by molar-refractivity contribution is 0.281. The third-order valence-electron chi connectivity index (χ3n) is 2.55. The van der Waals surface area contributed by atoms with Gasteiger partial charge in [-0.2, -0.15) is 0 Å². The van der Waals surface area contributed by atoms with Gasteiger partial charge in [-0.15, -0.1) is 0 Å². The van der Waals surface area contributed by atoms with Gasteiger partial charge in [0.15, 0.2) is 0 Å². The van der Waals surface area contributed by atoms with E-state index < -0.39 is 0 Å². The fourth-order valence-corrected chi connectivity index (χ4v) is 1.31. The lowest BCUT2D eigenvalue weighted by Gasteiger charge is -2.21. The monoisotopic (exact) mass is 196 g/mol.